The van der Waals surface area contributed by atoms with Gasteiger partial charge in [-0.1, -0.05) is 24.1 Å². The van der Waals surface area contributed by atoms with Crippen LogP contribution in [-0.2, 0) is 19.6 Å². The number of carbonyl (C=O) groups is 2. The normalized spacial score (nSPS) is 19.1. The number of aliphatic imine (C=N–C) groups is 1. The van der Waals surface area contributed by atoms with Gasteiger partial charge in [0.2, 0.25) is 11.8 Å². The molecule has 0 spiro atoms. The fourth-order valence-electron chi connectivity index (χ4n) is 3.99. The van der Waals surface area contributed by atoms with Crippen LogP contribution in [0.5, 0.6) is 0 Å². The molecule has 0 saturated carbocycles. The molecule has 0 aliphatic carbocycles. The molecule has 33 heavy (non-hydrogen) atoms. The number of carbonyl (C=O) groups excluding carboxylic acids is 2. The first-order chi connectivity index (χ1) is 15.8. The number of nitrogens with zero attached hydrogens (tertiary/aromatic N) is 2. The van der Waals surface area contributed by atoms with Gasteiger partial charge in [-0.15, -0.1) is 0 Å². The Morgan fingerprint density at radius 1 is 1.03 bits per heavy atom. The van der Waals surface area contributed by atoms with Crippen LogP contribution >= 0.6 is 0 Å². The van der Waals surface area contributed by atoms with Crippen LogP contribution in [0.15, 0.2) is 58.4 Å². The molecule has 2 aromatic rings. The Morgan fingerprint density at radius 3 is 2.48 bits per heavy atom. The van der Waals surface area contributed by atoms with Crippen LogP contribution < -0.4 is 14.9 Å². The molecule has 0 radical (unpaired) electrons. The van der Waals surface area contributed by atoms with E-state index in [1.54, 1.807) is 17.0 Å². The van der Waals surface area contributed by atoms with Crippen molar-refractivity contribution < 1.29 is 18.0 Å². The van der Waals surface area contributed by atoms with Gasteiger partial charge in [-0.2, -0.15) is 0 Å². The first-order valence-electron chi connectivity index (χ1n) is 11.2. The number of amidine groups is 1. The molecule has 2 aromatic carbocycles. The third-order valence-electron chi connectivity index (χ3n) is 5.90. The van der Waals surface area contributed by atoms with Gasteiger partial charge in [0, 0.05) is 37.3 Å². The average Bonchev–Trinajstić information content (AvgIpc) is 3.00. The number of amides is 2. The van der Waals surface area contributed by atoms with Gasteiger partial charge in [-0.25, -0.2) is 8.42 Å². The van der Waals surface area contributed by atoms with E-state index in [4.69, 9.17) is 0 Å². The van der Waals surface area contributed by atoms with Gasteiger partial charge in [0.05, 0.1) is 10.8 Å². The highest BCUT2D eigenvalue weighted by molar-refractivity contribution is 7.90. The van der Waals surface area contributed by atoms with Crippen molar-refractivity contribution in [1.82, 2.24) is 4.72 Å². The van der Waals surface area contributed by atoms with E-state index in [-0.39, 0.29) is 23.1 Å². The van der Waals surface area contributed by atoms with Gasteiger partial charge < -0.3 is 10.2 Å². The predicted molar refractivity (Wildman–Crippen MR) is 128 cm³/mol. The fraction of sp³-hybridized carbons (Fsp3) is 0.375. The van der Waals surface area contributed by atoms with Crippen molar-refractivity contribution in [1.29, 1.82) is 0 Å². The molecule has 0 bridgehead atoms. The van der Waals surface area contributed by atoms with Crippen LogP contribution in [0.25, 0.3) is 0 Å². The number of sulfonamides is 1. The van der Waals surface area contributed by atoms with E-state index in [9.17, 15) is 18.0 Å². The molecule has 0 aromatic heterocycles. The summed E-state index contributed by atoms with van der Waals surface area (Å²) in [5.41, 5.74) is 2.36. The number of hydrogen-bond donors (Lipinski definition) is 2. The molecule has 1 atom stereocenters. The lowest BCUT2D eigenvalue weighted by Gasteiger charge is -2.17. The van der Waals surface area contributed by atoms with E-state index in [1.165, 1.54) is 12.1 Å². The summed E-state index contributed by atoms with van der Waals surface area (Å²) in [4.78, 5) is 31.2. The zero-order valence-electron chi connectivity index (χ0n) is 18.6. The van der Waals surface area contributed by atoms with Crippen LogP contribution in [0.4, 0.5) is 11.4 Å². The predicted octanol–water partition coefficient (Wildman–Crippen LogP) is 3.24. The Bertz CT molecular complexity index is 1160. The average molecular weight is 469 g/mol. The largest absolute Gasteiger partial charge is 0.326 e. The smallest absolute Gasteiger partial charge is 0.262 e. The molecule has 2 N–H and O–H groups in total. The molecule has 2 heterocycles. The Labute approximate surface area is 194 Å². The standard InChI is InChI=1S/C24H28N4O4S/c1-17-6-10-20(11-7-17)28-16-18(15-23(28)29)24(30)26-19-8-12-21(13-9-19)33(31,32)27-22-5-3-2-4-14-25-22/h6-13,18H,2-5,14-16H2,1H3,(H,25,27)(H,26,30)/t18-/m1/s1. The van der Waals surface area contributed by atoms with E-state index in [1.807, 2.05) is 31.2 Å². The van der Waals surface area contributed by atoms with E-state index in [2.05, 4.69) is 15.0 Å². The number of anilines is 2. The zero-order chi connectivity index (χ0) is 23.4. The van der Waals surface area contributed by atoms with Gasteiger partial charge in [-0.3, -0.25) is 19.3 Å². The molecular formula is C24H28N4O4S. The summed E-state index contributed by atoms with van der Waals surface area (Å²) < 4.78 is 27.9. The summed E-state index contributed by atoms with van der Waals surface area (Å²) in [5, 5.41) is 2.80. The van der Waals surface area contributed by atoms with Crippen molar-refractivity contribution in [2.24, 2.45) is 10.9 Å². The van der Waals surface area contributed by atoms with Crippen LogP contribution in [0, 0.1) is 12.8 Å². The summed E-state index contributed by atoms with van der Waals surface area (Å²) in [6, 6.07) is 13.6. The molecule has 4 rings (SSSR count). The van der Waals surface area contributed by atoms with Crippen molar-refractivity contribution in [2.45, 2.75) is 43.9 Å². The van der Waals surface area contributed by atoms with Crippen molar-refractivity contribution in [3.63, 3.8) is 0 Å². The molecule has 0 unspecified atom stereocenters. The number of hydrogen-bond acceptors (Lipinski definition) is 5. The monoisotopic (exact) mass is 468 g/mol. The van der Waals surface area contributed by atoms with Crippen LogP contribution in [0.2, 0.25) is 0 Å². The lowest BCUT2D eigenvalue weighted by Crippen LogP contribution is -2.30. The molecule has 2 aliphatic heterocycles. The lowest BCUT2D eigenvalue weighted by molar-refractivity contribution is -0.122. The fourth-order valence-corrected chi connectivity index (χ4v) is 5.08. The Kier molecular flexibility index (Phi) is 6.78. The van der Waals surface area contributed by atoms with Crippen molar-refractivity contribution in [3.05, 3.63) is 54.1 Å². The minimum atomic E-state index is -3.73. The van der Waals surface area contributed by atoms with Crippen LogP contribution in [-0.4, -0.2) is 39.2 Å². The third-order valence-corrected chi connectivity index (χ3v) is 7.30. The minimum Gasteiger partial charge on any atom is -0.326 e. The molecule has 1 fully saturated rings. The third kappa shape index (κ3) is 5.60. The van der Waals surface area contributed by atoms with E-state index < -0.39 is 15.9 Å². The zero-order valence-corrected chi connectivity index (χ0v) is 19.4. The second-order valence-electron chi connectivity index (χ2n) is 8.50. The molecule has 2 amide bonds. The van der Waals surface area contributed by atoms with Crippen molar-refractivity contribution >= 4 is 39.0 Å². The second-order valence-corrected chi connectivity index (χ2v) is 10.2. The maximum atomic E-state index is 12.7. The van der Waals surface area contributed by atoms with Gasteiger partial charge in [0.25, 0.3) is 10.0 Å². The van der Waals surface area contributed by atoms with Gasteiger partial charge >= 0.3 is 0 Å². The lowest BCUT2D eigenvalue weighted by atomic mass is 10.1. The molecule has 1 saturated heterocycles. The van der Waals surface area contributed by atoms with E-state index in [0.717, 1.165) is 30.5 Å². The van der Waals surface area contributed by atoms with Crippen molar-refractivity contribution in [2.75, 3.05) is 23.3 Å². The Hall–Kier alpha value is -3.20. The summed E-state index contributed by atoms with van der Waals surface area (Å²) in [6.45, 7) is 2.92. The first kappa shape index (κ1) is 23.0. The van der Waals surface area contributed by atoms with Gasteiger partial charge in [0.1, 0.15) is 5.84 Å². The highest BCUT2D eigenvalue weighted by Crippen LogP contribution is 2.26. The highest BCUT2D eigenvalue weighted by Gasteiger charge is 2.35. The van der Waals surface area contributed by atoms with Gasteiger partial charge in [-0.05, 0) is 56.2 Å². The van der Waals surface area contributed by atoms with Crippen LogP contribution in [0.3, 0.4) is 0 Å². The topological polar surface area (TPSA) is 108 Å². The molecule has 2 aliphatic rings. The Balaban J connectivity index is 1.37. The van der Waals surface area contributed by atoms with Crippen LogP contribution in [0.1, 0.15) is 37.7 Å². The first-order valence-corrected chi connectivity index (χ1v) is 12.6. The minimum absolute atomic E-state index is 0.0899. The van der Waals surface area contributed by atoms with Crippen molar-refractivity contribution in [3.8, 4) is 0 Å². The molecule has 174 valence electrons. The number of aryl methyl sites for hydroxylation is 1. The quantitative estimate of drug-likeness (QED) is 0.702. The maximum absolute atomic E-state index is 12.7. The van der Waals surface area contributed by atoms with E-state index >= 15 is 0 Å². The highest BCUT2D eigenvalue weighted by atomic mass is 32.2. The Morgan fingerprint density at radius 2 is 1.76 bits per heavy atom. The van der Waals surface area contributed by atoms with Gasteiger partial charge in [0.15, 0.2) is 0 Å². The molecule has 8 nitrogen and oxygen atoms in total. The summed E-state index contributed by atoms with van der Waals surface area (Å²) in [5.74, 6) is -0.335. The molecule has 9 heteroatoms. The second kappa shape index (κ2) is 9.74. The number of rotatable bonds is 5. The summed E-state index contributed by atoms with van der Waals surface area (Å²) >= 11 is 0. The maximum Gasteiger partial charge on any atom is 0.262 e. The number of benzene rings is 2. The number of nitrogens with one attached hydrogen (secondary N) is 2. The SMILES string of the molecule is Cc1ccc(N2C[C@H](C(=O)Nc3ccc(S(=O)(=O)NC4=NCCCCC4)cc3)CC2=O)cc1. The molecular weight excluding hydrogens is 440 g/mol. The summed E-state index contributed by atoms with van der Waals surface area (Å²) in [6.07, 6.45) is 3.68. The summed E-state index contributed by atoms with van der Waals surface area (Å²) in [7, 11) is -3.73. The van der Waals surface area contributed by atoms with E-state index in [0.29, 0.717) is 31.0 Å².